The number of nitrogens with zero attached hydrogens (tertiary/aromatic N) is 2. The molecule has 8 heteroatoms. The summed E-state index contributed by atoms with van der Waals surface area (Å²) in [7, 11) is 0. The van der Waals surface area contributed by atoms with Crippen LogP contribution < -0.4 is 10.2 Å². The van der Waals surface area contributed by atoms with Crippen LogP contribution in [0.3, 0.4) is 0 Å². The molecule has 0 spiro atoms. The van der Waals surface area contributed by atoms with Crippen molar-refractivity contribution in [1.29, 1.82) is 0 Å². The Morgan fingerprint density at radius 2 is 1.30 bits per heavy atom. The molecule has 0 unspecified atom stereocenters. The van der Waals surface area contributed by atoms with Gasteiger partial charge in [-0.1, -0.05) is 98.8 Å². The first-order valence-electron chi connectivity index (χ1n) is 19.8. The van der Waals surface area contributed by atoms with Crippen LogP contribution in [0.25, 0.3) is 22.4 Å². The highest BCUT2D eigenvalue weighted by Crippen LogP contribution is 2.43. The lowest BCUT2D eigenvalue weighted by molar-refractivity contribution is -0.300. The van der Waals surface area contributed by atoms with Crippen LogP contribution in [0.1, 0.15) is 64.1 Å². The van der Waals surface area contributed by atoms with Crippen LogP contribution >= 0.6 is 0 Å². The molecule has 0 radical (unpaired) electrons. The third kappa shape index (κ3) is 9.42. The molecular weight excluding hydrogens is 714 g/mol. The Morgan fingerprint density at radius 3 is 1.88 bits per heavy atom. The van der Waals surface area contributed by atoms with E-state index in [0.717, 1.165) is 50.7 Å². The molecule has 1 N–H and O–H groups in total. The Morgan fingerprint density at radius 1 is 0.754 bits per heavy atom. The number of ether oxygens (including phenoxy) is 2. The average molecular weight is 764 g/mol. The van der Waals surface area contributed by atoms with E-state index in [0.29, 0.717) is 19.4 Å². The molecular formula is C49H50FN3O4. The summed E-state index contributed by atoms with van der Waals surface area (Å²) in [4.78, 5) is 29.8. The summed E-state index contributed by atoms with van der Waals surface area (Å²) >= 11 is 0. The lowest BCUT2D eigenvalue weighted by Gasteiger charge is -2.41. The highest BCUT2D eigenvalue weighted by Gasteiger charge is 2.38. The van der Waals surface area contributed by atoms with Gasteiger partial charge in [0, 0.05) is 41.3 Å². The zero-order valence-corrected chi connectivity index (χ0v) is 33.0. The molecule has 0 aliphatic carbocycles. The first kappa shape index (κ1) is 39.4. The zero-order valence-electron chi connectivity index (χ0n) is 33.0. The molecule has 2 atom stereocenters. The van der Waals surface area contributed by atoms with Crippen molar-refractivity contribution >= 4 is 28.9 Å². The maximum absolute atomic E-state index is 14.4. The Bertz CT molecular complexity index is 2220. The predicted octanol–water partition coefficient (Wildman–Crippen LogP) is 11.3. The summed E-state index contributed by atoms with van der Waals surface area (Å²) in [6, 6.07) is 45.5. The van der Waals surface area contributed by atoms with Crippen molar-refractivity contribution in [1.82, 2.24) is 4.57 Å². The predicted molar refractivity (Wildman–Crippen MR) is 226 cm³/mol. The third-order valence-electron chi connectivity index (χ3n) is 10.3. The first-order valence-corrected chi connectivity index (χ1v) is 19.8. The van der Waals surface area contributed by atoms with Gasteiger partial charge < -0.3 is 19.4 Å². The van der Waals surface area contributed by atoms with Gasteiger partial charge in [-0.15, -0.1) is 0 Å². The fourth-order valence-corrected chi connectivity index (χ4v) is 8.14. The Labute approximate surface area is 335 Å². The van der Waals surface area contributed by atoms with Crippen molar-refractivity contribution in [3.8, 4) is 22.4 Å². The molecule has 1 fully saturated rings. The van der Waals surface area contributed by atoms with E-state index in [1.807, 2.05) is 135 Å². The minimum Gasteiger partial charge on any atom is -0.347 e. The van der Waals surface area contributed by atoms with Crippen molar-refractivity contribution in [2.45, 2.75) is 83.8 Å². The minimum absolute atomic E-state index is 0.0422. The van der Waals surface area contributed by atoms with E-state index >= 15 is 0 Å². The van der Waals surface area contributed by atoms with E-state index in [9.17, 15) is 14.0 Å². The number of rotatable bonds is 13. The summed E-state index contributed by atoms with van der Waals surface area (Å²) in [6.07, 6.45) is 0.844. The summed E-state index contributed by atoms with van der Waals surface area (Å²) in [5.74, 6) is -1.39. The van der Waals surface area contributed by atoms with Crippen LogP contribution in [-0.2, 0) is 32.0 Å². The number of amides is 2. The van der Waals surface area contributed by atoms with Crippen LogP contribution in [0.15, 0.2) is 146 Å². The van der Waals surface area contributed by atoms with E-state index in [1.165, 1.54) is 12.1 Å². The lowest BCUT2D eigenvalue weighted by atomic mass is 9.93. The number of para-hydroxylation sites is 3. The van der Waals surface area contributed by atoms with Crippen LogP contribution in [0.4, 0.5) is 21.5 Å². The van der Waals surface area contributed by atoms with Gasteiger partial charge in [0.05, 0.1) is 30.7 Å². The van der Waals surface area contributed by atoms with E-state index in [1.54, 1.807) is 4.90 Å². The van der Waals surface area contributed by atoms with Gasteiger partial charge in [0.1, 0.15) is 5.82 Å². The molecule has 292 valence electrons. The van der Waals surface area contributed by atoms with Gasteiger partial charge in [-0.2, -0.15) is 0 Å². The molecule has 0 bridgehead atoms. The van der Waals surface area contributed by atoms with Crippen LogP contribution in [-0.4, -0.2) is 34.4 Å². The normalized spacial score (nSPS) is 16.3. The number of carbonyl (C=O) groups excluding carboxylic acids is 2. The van der Waals surface area contributed by atoms with Crippen molar-refractivity contribution in [2.24, 2.45) is 0 Å². The molecule has 1 aliphatic heterocycles. The topological polar surface area (TPSA) is 72.8 Å². The standard InChI is InChI=1S/C49H50FN3O4/c1-34(2)47-43(33-44(54)51-38-19-11-6-12-20-38)46(35-17-9-5-10-18-35)48(36-25-27-37(50)28-26-36)52(47)30-29-41-31-42(57-49(3,4)56-41)32-45(55)53(39-21-13-7-14-22-39)40-23-15-8-16-24-40/h5-28,34,41-42H,29-33H2,1-4H3,(H,51,54)/t41-,42-/m1/s1. The van der Waals surface area contributed by atoms with Gasteiger partial charge in [-0.3, -0.25) is 14.5 Å². The smallest absolute Gasteiger partial charge is 0.234 e. The highest BCUT2D eigenvalue weighted by molar-refractivity contribution is 6.00. The summed E-state index contributed by atoms with van der Waals surface area (Å²) in [5.41, 5.74) is 7.99. The van der Waals surface area contributed by atoms with Gasteiger partial charge >= 0.3 is 0 Å². The van der Waals surface area contributed by atoms with Gasteiger partial charge in [-0.25, -0.2) is 4.39 Å². The molecule has 57 heavy (non-hydrogen) atoms. The van der Waals surface area contributed by atoms with E-state index < -0.39 is 5.79 Å². The molecule has 2 heterocycles. The fraction of sp³-hybridized carbons (Fsp3) is 0.265. The van der Waals surface area contributed by atoms with Crippen LogP contribution in [0.5, 0.6) is 0 Å². The summed E-state index contributed by atoms with van der Waals surface area (Å²) < 4.78 is 29.8. The Balaban J connectivity index is 1.23. The Kier molecular flexibility index (Phi) is 12.1. The number of aromatic nitrogens is 1. The minimum atomic E-state index is -0.925. The third-order valence-corrected chi connectivity index (χ3v) is 10.3. The molecule has 6 aromatic rings. The second-order valence-electron chi connectivity index (χ2n) is 15.4. The van der Waals surface area contributed by atoms with E-state index in [4.69, 9.17) is 9.47 Å². The quantitative estimate of drug-likeness (QED) is 0.127. The van der Waals surface area contributed by atoms with Crippen molar-refractivity contribution in [3.63, 3.8) is 0 Å². The second kappa shape index (κ2) is 17.5. The number of benzene rings is 5. The van der Waals surface area contributed by atoms with Gasteiger partial charge in [0.15, 0.2) is 5.79 Å². The molecule has 1 aromatic heterocycles. The zero-order chi connectivity index (χ0) is 39.9. The molecule has 0 saturated carbocycles. The fourth-order valence-electron chi connectivity index (χ4n) is 8.14. The molecule has 7 rings (SSSR count). The SMILES string of the molecule is CC(C)c1c(CC(=O)Nc2ccccc2)c(-c2ccccc2)c(-c2ccc(F)cc2)n1CC[C@@H]1C[C@H](CC(=O)N(c2ccccc2)c2ccccc2)OC(C)(C)O1. The number of carbonyl (C=O) groups is 2. The number of hydrogen-bond acceptors (Lipinski definition) is 4. The van der Waals surface area contributed by atoms with Crippen molar-refractivity contribution in [3.05, 3.63) is 163 Å². The second-order valence-corrected chi connectivity index (χ2v) is 15.4. The van der Waals surface area contributed by atoms with Crippen LogP contribution in [0.2, 0.25) is 0 Å². The molecule has 2 amide bonds. The largest absolute Gasteiger partial charge is 0.347 e. The maximum Gasteiger partial charge on any atom is 0.234 e. The molecule has 1 aliphatic rings. The Hall–Kier alpha value is -5.83. The van der Waals surface area contributed by atoms with Gasteiger partial charge in [0.25, 0.3) is 0 Å². The number of halogens is 1. The van der Waals surface area contributed by atoms with Crippen molar-refractivity contribution in [2.75, 3.05) is 10.2 Å². The van der Waals surface area contributed by atoms with E-state index in [2.05, 4.69) is 35.9 Å². The average Bonchev–Trinajstić information content (AvgIpc) is 3.52. The maximum atomic E-state index is 14.4. The summed E-state index contributed by atoms with van der Waals surface area (Å²) in [6.45, 7) is 8.66. The van der Waals surface area contributed by atoms with E-state index in [-0.39, 0.29) is 48.6 Å². The van der Waals surface area contributed by atoms with Crippen molar-refractivity contribution < 1.29 is 23.5 Å². The monoisotopic (exact) mass is 763 g/mol. The van der Waals surface area contributed by atoms with Gasteiger partial charge in [0.2, 0.25) is 11.8 Å². The van der Waals surface area contributed by atoms with Gasteiger partial charge in [-0.05, 0) is 104 Å². The molecule has 5 aromatic carbocycles. The van der Waals surface area contributed by atoms with Crippen LogP contribution in [0, 0.1) is 5.82 Å². The molecule has 7 nitrogen and oxygen atoms in total. The summed E-state index contributed by atoms with van der Waals surface area (Å²) in [5, 5.41) is 3.09. The lowest BCUT2D eigenvalue weighted by Crippen LogP contribution is -2.46. The number of hydrogen-bond donors (Lipinski definition) is 1. The number of anilines is 3. The molecule has 1 saturated heterocycles. The number of nitrogens with one attached hydrogen (secondary N) is 1. The highest BCUT2D eigenvalue weighted by atomic mass is 19.1. The first-order chi connectivity index (χ1) is 27.6.